The molecule has 0 aromatic heterocycles. The van der Waals surface area contributed by atoms with Crippen molar-refractivity contribution in [1.82, 2.24) is 10.6 Å². The number of aryl methyl sites for hydroxylation is 2. The second-order valence-corrected chi connectivity index (χ2v) is 6.07. The van der Waals surface area contributed by atoms with Crippen molar-refractivity contribution in [2.24, 2.45) is 4.99 Å². The SMILES string of the molecule is CCNC(=NCc1ccc(C)cc1C)NCC(=O)Nc1ccc(O)cc1. The number of nitrogens with one attached hydrogen (secondary N) is 3. The lowest BCUT2D eigenvalue weighted by atomic mass is 10.1. The number of amides is 1. The summed E-state index contributed by atoms with van der Waals surface area (Å²) in [6.07, 6.45) is 0. The van der Waals surface area contributed by atoms with Gasteiger partial charge < -0.3 is 21.1 Å². The first kappa shape index (κ1) is 19.3. The summed E-state index contributed by atoms with van der Waals surface area (Å²) >= 11 is 0. The number of carbonyl (C=O) groups excluding carboxylic acids is 1. The highest BCUT2D eigenvalue weighted by atomic mass is 16.3. The largest absolute Gasteiger partial charge is 0.508 e. The lowest BCUT2D eigenvalue weighted by Crippen LogP contribution is -2.41. The molecule has 0 aliphatic heterocycles. The van der Waals surface area contributed by atoms with Crippen molar-refractivity contribution in [3.05, 3.63) is 59.2 Å². The molecule has 0 aliphatic rings. The van der Waals surface area contributed by atoms with Crippen LogP contribution in [0.4, 0.5) is 5.69 Å². The molecule has 2 aromatic carbocycles. The standard InChI is InChI=1S/C20H26N4O2/c1-4-21-20(22-12-16-6-5-14(2)11-15(16)3)23-13-19(26)24-17-7-9-18(25)10-8-17/h5-11,25H,4,12-13H2,1-3H3,(H,24,26)(H2,21,22,23). The maximum Gasteiger partial charge on any atom is 0.243 e. The van der Waals surface area contributed by atoms with E-state index in [1.54, 1.807) is 12.1 Å². The van der Waals surface area contributed by atoms with Crippen molar-refractivity contribution in [2.75, 3.05) is 18.4 Å². The third-order valence-electron chi connectivity index (χ3n) is 3.82. The van der Waals surface area contributed by atoms with Gasteiger partial charge in [-0.15, -0.1) is 0 Å². The number of aromatic hydroxyl groups is 1. The van der Waals surface area contributed by atoms with E-state index in [9.17, 15) is 9.90 Å². The predicted octanol–water partition coefficient (Wildman–Crippen LogP) is 2.70. The number of guanidine groups is 1. The summed E-state index contributed by atoms with van der Waals surface area (Å²) in [6.45, 7) is 7.46. The van der Waals surface area contributed by atoms with Gasteiger partial charge in [-0.1, -0.05) is 23.8 Å². The van der Waals surface area contributed by atoms with E-state index in [2.05, 4.69) is 53.0 Å². The van der Waals surface area contributed by atoms with Gasteiger partial charge in [0.05, 0.1) is 13.1 Å². The molecule has 6 nitrogen and oxygen atoms in total. The Balaban J connectivity index is 1.92. The smallest absolute Gasteiger partial charge is 0.243 e. The molecule has 0 radical (unpaired) electrons. The fourth-order valence-electron chi connectivity index (χ4n) is 2.44. The van der Waals surface area contributed by atoms with Crippen LogP contribution < -0.4 is 16.0 Å². The molecular formula is C20H26N4O2. The lowest BCUT2D eigenvalue weighted by Gasteiger charge is -2.12. The average Bonchev–Trinajstić information content (AvgIpc) is 2.60. The Labute approximate surface area is 154 Å². The zero-order valence-corrected chi connectivity index (χ0v) is 15.5. The van der Waals surface area contributed by atoms with E-state index in [-0.39, 0.29) is 18.2 Å². The van der Waals surface area contributed by atoms with Crippen LogP contribution in [0.1, 0.15) is 23.6 Å². The Morgan fingerprint density at radius 2 is 1.81 bits per heavy atom. The van der Waals surface area contributed by atoms with E-state index in [0.29, 0.717) is 24.7 Å². The molecule has 2 aromatic rings. The van der Waals surface area contributed by atoms with Gasteiger partial charge in [-0.3, -0.25) is 4.79 Å². The molecule has 138 valence electrons. The summed E-state index contributed by atoms with van der Waals surface area (Å²) in [5, 5.41) is 18.2. The fourth-order valence-corrected chi connectivity index (χ4v) is 2.44. The first-order chi connectivity index (χ1) is 12.5. The molecule has 0 spiro atoms. The number of carbonyl (C=O) groups is 1. The van der Waals surface area contributed by atoms with E-state index in [4.69, 9.17) is 0 Å². The topological polar surface area (TPSA) is 85.8 Å². The molecule has 0 atom stereocenters. The van der Waals surface area contributed by atoms with Crippen LogP contribution in [-0.2, 0) is 11.3 Å². The van der Waals surface area contributed by atoms with Gasteiger partial charge >= 0.3 is 0 Å². The molecule has 0 unspecified atom stereocenters. The highest BCUT2D eigenvalue weighted by molar-refractivity contribution is 5.95. The van der Waals surface area contributed by atoms with Crippen molar-refractivity contribution >= 4 is 17.6 Å². The molecule has 6 heteroatoms. The van der Waals surface area contributed by atoms with E-state index in [1.165, 1.54) is 23.3 Å². The summed E-state index contributed by atoms with van der Waals surface area (Å²) < 4.78 is 0. The zero-order valence-electron chi connectivity index (χ0n) is 15.5. The molecule has 26 heavy (non-hydrogen) atoms. The van der Waals surface area contributed by atoms with Crippen LogP contribution in [0.5, 0.6) is 5.75 Å². The number of anilines is 1. The summed E-state index contributed by atoms with van der Waals surface area (Å²) in [5.74, 6) is 0.565. The highest BCUT2D eigenvalue weighted by Gasteiger charge is 2.05. The van der Waals surface area contributed by atoms with Gasteiger partial charge in [0.2, 0.25) is 5.91 Å². The van der Waals surface area contributed by atoms with Gasteiger partial charge in [0.15, 0.2) is 5.96 Å². The van der Waals surface area contributed by atoms with Crippen LogP contribution in [0, 0.1) is 13.8 Å². The monoisotopic (exact) mass is 354 g/mol. The Bertz CT molecular complexity index is 770. The van der Waals surface area contributed by atoms with Gasteiger partial charge in [0.1, 0.15) is 5.75 Å². The first-order valence-electron chi connectivity index (χ1n) is 8.65. The number of phenols is 1. The van der Waals surface area contributed by atoms with Gasteiger partial charge in [-0.25, -0.2) is 4.99 Å². The minimum atomic E-state index is -0.187. The van der Waals surface area contributed by atoms with E-state index in [1.807, 2.05) is 6.92 Å². The summed E-state index contributed by atoms with van der Waals surface area (Å²) in [7, 11) is 0. The zero-order chi connectivity index (χ0) is 18.9. The van der Waals surface area contributed by atoms with Crippen LogP contribution in [0.2, 0.25) is 0 Å². The van der Waals surface area contributed by atoms with E-state index in [0.717, 1.165) is 5.56 Å². The van der Waals surface area contributed by atoms with Crippen molar-refractivity contribution in [1.29, 1.82) is 0 Å². The van der Waals surface area contributed by atoms with Crippen LogP contribution in [0.15, 0.2) is 47.5 Å². The average molecular weight is 354 g/mol. The van der Waals surface area contributed by atoms with Crippen LogP contribution in [0.25, 0.3) is 0 Å². The summed E-state index contributed by atoms with van der Waals surface area (Å²) in [5.41, 5.74) is 4.22. The molecular weight excluding hydrogens is 328 g/mol. The third kappa shape index (κ3) is 6.12. The van der Waals surface area contributed by atoms with Gasteiger partial charge in [0, 0.05) is 12.2 Å². The molecule has 1 amide bonds. The molecule has 2 rings (SSSR count). The van der Waals surface area contributed by atoms with Crippen LogP contribution in [0.3, 0.4) is 0 Å². The highest BCUT2D eigenvalue weighted by Crippen LogP contribution is 2.13. The minimum absolute atomic E-state index is 0.0968. The molecule has 0 bridgehead atoms. The number of aliphatic imine (C=N–C) groups is 1. The maximum atomic E-state index is 12.1. The minimum Gasteiger partial charge on any atom is -0.508 e. The van der Waals surface area contributed by atoms with Crippen LogP contribution >= 0.6 is 0 Å². The van der Waals surface area contributed by atoms with Crippen molar-refractivity contribution in [3.63, 3.8) is 0 Å². The molecule has 0 fully saturated rings. The second-order valence-electron chi connectivity index (χ2n) is 6.07. The second kappa shape index (κ2) is 9.46. The normalized spacial score (nSPS) is 11.1. The van der Waals surface area contributed by atoms with Gasteiger partial charge in [0.25, 0.3) is 0 Å². The van der Waals surface area contributed by atoms with Crippen molar-refractivity contribution < 1.29 is 9.90 Å². The molecule has 0 heterocycles. The number of hydrogen-bond acceptors (Lipinski definition) is 3. The van der Waals surface area contributed by atoms with Gasteiger partial charge in [-0.2, -0.15) is 0 Å². The molecule has 0 saturated carbocycles. The quantitative estimate of drug-likeness (QED) is 0.365. The number of rotatable bonds is 6. The maximum absolute atomic E-state index is 12.1. The number of phenolic OH excluding ortho intramolecular Hbond substituents is 1. The first-order valence-corrected chi connectivity index (χ1v) is 8.65. The Morgan fingerprint density at radius 1 is 1.08 bits per heavy atom. The predicted molar refractivity (Wildman–Crippen MR) is 105 cm³/mol. The van der Waals surface area contributed by atoms with Gasteiger partial charge in [-0.05, 0) is 56.2 Å². The van der Waals surface area contributed by atoms with Crippen LogP contribution in [-0.4, -0.2) is 30.1 Å². The molecule has 4 N–H and O–H groups in total. The Kier molecular flexibility index (Phi) is 7.02. The van der Waals surface area contributed by atoms with Crippen molar-refractivity contribution in [3.8, 4) is 5.75 Å². The number of hydrogen-bond donors (Lipinski definition) is 4. The summed E-state index contributed by atoms with van der Waals surface area (Å²) in [6, 6.07) is 12.6. The Hall–Kier alpha value is -3.02. The number of benzene rings is 2. The fraction of sp³-hybridized carbons (Fsp3) is 0.300. The third-order valence-corrected chi connectivity index (χ3v) is 3.82. The number of nitrogens with zero attached hydrogens (tertiary/aromatic N) is 1. The molecule has 0 saturated heterocycles. The molecule has 0 aliphatic carbocycles. The summed E-state index contributed by atoms with van der Waals surface area (Å²) in [4.78, 5) is 16.6. The Morgan fingerprint density at radius 3 is 2.46 bits per heavy atom. The van der Waals surface area contributed by atoms with Crippen molar-refractivity contribution in [2.45, 2.75) is 27.3 Å². The lowest BCUT2D eigenvalue weighted by molar-refractivity contribution is -0.115. The van der Waals surface area contributed by atoms with E-state index < -0.39 is 0 Å². The van der Waals surface area contributed by atoms with E-state index >= 15 is 0 Å².